The number of fused-ring (bicyclic) bond motifs is 1. The maximum Gasteiger partial charge on any atom is 0.264 e. The highest BCUT2D eigenvalue weighted by Gasteiger charge is 2.13. The summed E-state index contributed by atoms with van der Waals surface area (Å²) in [7, 11) is 3.35. The van der Waals surface area contributed by atoms with Crippen LogP contribution in [0.15, 0.2) is 54.6 Å². The van der Waals surface area contributed by atoms with Gasteiger partial charge in [0.2, 0.25) is 0 Å². The number of hydrogen-bond donors (Lipinski definition) is 0. The van der Waals surface area contributed by atoms with Gasteiger partial charge in [0.1, 0.15) is 11.5 Å². The molecule has 1 aromatic heterocycles. The molecule has 2 aromatic carbocycles. The molecule has 1 heterocycles. The van der Waals surface area contributed by atoms with E-state index in [0.29, 0.717) is 5.75 Å². The first kappa shape index (κ1) is 16.8. The van der Waals surface area contributed by atoms with Gasteiger partial charge in [-0.2, -0.15) is 0 Å². The molecule has 25 heavy (non-hydrogen) atoms. The fourth-order valence-electron chi connectivity index (χ4n) is 2.58. The molecule has 0 unspecified atom stereocenters. The normalized spacial score (nSPS) is 10.5. The Labute approximate surface area is 146 Å². The summed E-state index contributed by atoms with van der Waals surface area (Å²) in [6, 6.07) is 16.9. The number of anilines is 1. The van der Waals surface area contributed by atoms with Crippen molar-refractivity contribution in [2.75, 3.05) is 25.7 Å². The van der Waals surface area contributed by atoms with Gasteiger partial charge in [-0.15, -0.1) is 0 Å². The monoisotopic (exact) mass is 336 g/mol. The second-order valence-electron chi connectivity index (χ2n) is 5.72. The van der Waals surface area contributed by atoms with Crippen molar-refractivity contribution in [3.05, 3.63) is 60.3 Å². The quantitative estimate of drug-likeness (QED) is 0.714. The predicted molar refractivity (Wildman–Crippen MR) is 98.4 cm³/mol. The summed E-state index contributed by atoms with van der Waals surface area (Å²) < 4.78 is 11.1. The Bertz CT molecular complexity index is 894. The molecule has 0 aliphatic rings. The summed E-state index contributed by atoms with van der Waals surface area (Å²) in [5.41, 5.74) is 2.46. The second kappa shape index (κ2) is 7.21. The SMILES string of the molecule is COc1ccc2nc(C)cc(OCC(=O)N(C)c3ccccc3)c2c1. The summed E-state index contributed by atoms with van der Waals surface area (Å²) in [5.74, 6) is 1.21. The van der Waals surface area contributed by atoms with Crippen LogP contribution in [0.2, 0.25) is 0 Å². The van der Waals surface area contributed by atoms with Crippen LogP contribution >= 0.6 is 0 Å². The Morgan fingerprint density at radius 1 is 1.12 bits per heavy atom. The number of hydrogen-bond acceptors (Lipinski definition) is 4. The van der Waals surface area contributed by atoms with Gasteiger partial charge in [-0.1, -0.05) is 18.2 Å². The van der Waals surface area contributed by atoms with Crippen molar-refractivity contribution >= 4 is 22.5 Å². The Morgan fingerprint density at radius 2 is 1.88 bits per heavy atom. The minimum absolute atomic E-state index is 0.0544. The van der Waals surface area contributed by atoms with Crippen molar-refractivity contribution in [2.45, 2.75) is 6.92 Å². The van der Waals surface area contributed by atoms with Crippen LogP contribution in [0.4, 0.5) is 5.69 Å². The van der Waals surface area contributed by atoms with Gasteiger partial charge in [-0.05, 0) is 37.3 Å². The van der Waals surface area contributed by atoms with E-state index >= 15 is 0 Å². The number of pyridine rings is 1. The zero-order valence-electron chi connectivity index (χ0n) is 14.5. The minimum atomic E-state index is -0.128. The molecule has 0 N–H and O–H groups in total. The Morgan fingerprint density at radius 3 is 2.60 bits per heavy atom. The maximum absolute atomic E-state index is 12.4. The third-order valence-corrected chi connectivity index (χ3v) is 3.97. The van der Waals surface area contributed by atoms with Crippen LogP contribution in [0.3, 0.4) is 0 Å². The van der Waals surface area contributed by atoms with E-state index in [0.717, 1.165) is 28.0 Å². The number of para-hydroxylation sites is 1. The highest BCUT2D eigenvalue weighted by Crippen LogP contribution is 2.29. The van der Waals surface area contributed by atoms with Crippen molar-refractivity contribution in [2.24, 2.45) is 0 Å². The van der Waals surface area contributed by atoms with Crippen LogP contribution in [0.25, 0.3) is 10.9 Å². The highest BCUT2D eigenvalue weighted by atomic mass is 16.5. The number of nitrogens with zero attached hydrogens (tertiary/aromatic N) is 2. The van der Waals surface area contributed by atoms with Gasteiger partial charge in [0, 0.05) is 29.9 Å². The van der Waals surface area contributed by atoms with E-state index in [1.54, 1.807) is 19.1 Å². The third kappa shape index (κ3) is 3.71. The number of amides is 1. The second-order valence-corrected chi connectivity index (χ2v) is 5.72. The molecule has 1 amide bonds. The molecule has 3 rings (SSSR count). The first-order valence-electron chi connectivity index (χ1n) is 7.98. The lowest BCUT2D eigenvalue weighted by Crippen LogP contribution is -2.31. The number of likely N-dealkylation sites (N-methyl/N-ethyl adjacent to an activating group) is 1. The van der Waals surface area contributed by atoms with Crippen LogP contribution < -0.4 is 14.4 Å². The van der Waals surface area contributed by atoms with E-state index in [1.807, 2.05) is 61.5 Å². The number of methoxy groups -OCH3 is 1. The lowest BCUT2D eigenvalue weighted by molar-refractivity contribution is -0.120. The van der Waals surface area contributed by atoms with Gasteiger partial charge >= 0.3 is 0 Å². The average Bonchev–Trinajstić information content (AvgIpc) is 2.65. The van der Waals surface area contributed by atoms with Crippen molar-refractivity contribution in [1.29, 1.82) is 0 Å². The topological polar surface area (TPSA) is 51.7 Å². The van der Waals surface area contributed by atoms with Gasteiger partial charge < -0.3 is 14.4 Å². The fraction of sp³-hybridized carbons (Fsp3) is 0.200. The molecule has 5 heteroatoms. The van der Waals surface area contributed by atoms with E-state index in [4.69, 9.17) is 9.47 Å². The van der Waals surface area contributed by atoms with Crippen LogP contribution in [0.5, 0.6) is 11.5 Å². The van der Waals surface area contributed by atoms with Gasteiger partial charge in [0.05, 0.1) is 12.6 Å². The van der Waals surface area contributed by atoms with Crippen molar-refractivity contribution < 1.29 is 14.3 Å². The molecule has 5 nitrogen and oxygen atoms in total. The third-order valence-electron chi connectivity index (χ3n) is 3.97. The van der Waals surface area contributed by atoms with E-state index < -0.39 is 0 Å². The summed E-state index contributed by atoms with van der Waals surface area (Å²) in [5, 5.41) is 0.820. The van der Waals surface area contributed by atoms with E-state index in [2.05, 4.69) is 4.98 Å². The first-order valence-corrected chi connectivity index (χ1v) is 7.98. The molecule has 0 atom stereocenters. The maximum atomic E-state index is 12.4. The van der Waals surface area contributed by atoms with Crippen LogP contribution in [-0.4, -0.2) is 31.7 Å². The summed E-state index contributed by atoms with van der Waals surface area (Å²) in [6.07, 6.45) is 0. The van der Waals surface area contributed by atoms with E-state index in [1.165, 1.54) is 0 Å². The lowest BCUT2D eigenvalue weighted by atomic mass is 10.1. The van der Waals surface area contributed by atoms with E-state index in [9.17, 15) is 4.79 Å². The summed E-state index contributed by atoms with van der Waals surface area (Å²) >= 11 is 0. The predicted octanol–water partition coefficient (Wildman–Crippen LogP) is 3.59. The van der Waals surface area contributed by atoms with Crippen molar-refractivity contribution in [3.63, 3.8) is 0 Å². The smallest absolute Gasteiger partial charge is 0.264 e. The fourth-order valence-corrected chi connectivity index (χ4v) is 2.58. The number of rotatable bonds is 5. The summed E-state index contributed by atoms with van der Waals surface area (Å²) in [6.45, 7) is 1.84. The molecule has 0 spiro atoms. The average molecular weight is 336 g/mol. The highest BCUT2D eigenvalue weighted by molar-refractivity contribution is 5.94. The number of ether oxygens (including phenoxy) is 2. The molecule has 0 fully saturated rings. The number of carbonyl (C=O) groups is 1. The Kier molecular flexibility index (Phi) is 4.84. The van der Waals surface area contributed by atoms with Crippen molar-refractivity contribution in [1.82, 2.24) is 4.98 Å². The Hall–Kier alpha value is -3.08. The van der Waals surface area contributed by atoms with Crippen LogP contribution in [0, 0.1) is 6.92 Å². The molecular formula is C20H20N2O3. The van der Waals surface area contributed by atoms with Gasteiger partial charge in [-0.25, -0.2) is 0 Å². The van der Waals surface area contributed by atoms with Crippen molar-refractivity contribution in [3.8, 4) is 11.5 Å². The number of aryl methyl sites for hydroxylation is 1. The molecule has 0 aliphatic carbocycles. The lowest BCUT2D eigenvalue weighted by Gasteiger charge is -2.18. The molecular weight excluding hydrogens is 316 g/mol. The zero-order chi connectivity index (χ0) is 17.8. The van der Waals surface area contributed by atoms with Gasteiger partial charge in [-0.3, -0.25) is 9.78 Å². The number of carbonyl (C=O) groups excluding carboxylic acids is 1. The molecule has 0 radical (unpaired) electrons. The minimum Gasteiger partial charge on any atom is -0.497 e. The zero-order valence-corrected chi connectivity index (χ0v) is 14.5. The molecule has 0 saturated heterocycles. The molecule has 0 saturated carbocycles. The molecule has 128 valence electrons. The van der Waals surface area contributed by atoms with Gasteiger partial charge in [0.25, 0.3) is 5.91 Å². The largest absolute Gasteiger partial charge is 0.497 e. The first-order chi connectivity index (χ1) is 12.1. The van der Waals surface area contributed by atoms with Crippen LogP contribution in [-0.2, 0) is 4.79 Å². The molecule has 3 aromatic rings. The molecule has 0 bridgehead atoms. The van der Waals surface area contributed by atoms with Crippen LogP contribution in [0.1, 0.15) is 5.69 Å². The van der Waals surface area contributed by atoms with Gasteiger partial charge in [0.15, 0.2) is 6.61 Å². The number of benzene rings is 2. The standard InChI is InChI=1S/C20H20N2O3/c1-14-11-19(17-12-16(24-3)9-10-18(17)21-14)25-13-20(23)22(2)15-7-5-4-6-8-15/h4-12H,13H2,1-3H3. The number of aromatic nitrogens is 1. The summed E-state index contributed by atoms with van der Waals surface area (Å²) in [4.78, 5) is 18.5. The van der Waals surface area contributed by atoms with E-state index in [-0.39, 0.29) is 12.5 Å². The Balaban J connectivity index is 1.81. The molecule has 0 aliphatic heterocycles.